The number of rotatable bonds is 5. The maximum absolute atomic E-state index is 11.6. The van der Waals surface area contributed by atoms with Gasteiger partial charge in [-0.25, -0.2) is 13.4 Å². The molecule has 0 aromatic carbocycles. The van der Waals surface area contributed by atoms with Crippen molar-refractivity contribution in [3.63, 3.8) is 0 Å². The molecule has 1 heterocycles. The van der Waals surface area contributed by atoms with E-state index < -0.39 is 9.84 Å². The highest BCUT2D eigenvalue weighted by Crippen LogP contribution is 2.18. The van der Waals surface area contributed by atoms with E-state index >= 15 is 0 Å². The number of aromatic nitrogens is 1. The SMILES string of the molecule is CCCCCS(=O)(=O)c1csc(N)n1. The normalized spacial score (nSPS) is 11.8. The van der Waals surface area contributed by atoms with Gasteiger partial charge in [-0.2, -0.15) is 0 Å². The average molecular weight is 234 g/mol. The highest BCUT2D eigenvalue weighted by molar-refractivity contribution is 7.91. The molecule has 0 amide bonds. The van der Waals surface area contributed by atoms with Crippen LogP contribution in [-0.4, -0.2) is 19.2 Å². The van der Waals surface area contributed by atoms with E-state index in [0.717, 1.165) is 24.2 Å². The van der Waals surface area contributed by atoms with E-state index in [2.05, 4.69) is 4.98 Å². The third kappa shape index (κ3) is 2.95. The highest BCUT2D eigenvalue weighted by atomic mass is 32.2. The highest BCUT2D eigenvalue weighted by Gasteiger charge is 2.16. The van der Waals surface area contributed by atoms with Crippen LogP contribution in [0.25, 0.3) is 0 Å². The third-order valence-electron chi connectivity index (χ3n) is 1.84. The van der Waals surface area contributed by atoms with Crippen molar-refractivity contribution in [3.05, 3.63) is 5.38 Å². The van der Waals surface area contributed by atoms with Crippen molar-refractivity contribution in [1.82, 2.24) is 4.98 Å². The minimum atomic E-state index is -3.19. The number of hydrogen-bond donors (Lipinski definition) is 1. The van der Waals surface area contributed by atoms with Crippen molar-refractivity contribution >= 4 is 26.3 Å². The second-order valence-electron chi connectivity index (χ2n) is 3.05. The molecule has 1 aromatic heterocycles. The molecular weight excluding hydrogens is 220 g/mol. The van der Waals surface area contributed by atoms with Gasteiger partial charge in [0.1, 0.15) is 0 Å². The van der Waals surface area contributed by atoms with Gasteiger partial charge in [0.15, 0.2) is 20.0 Å². The quantitative estimate of drug-likeness (QED) is 0.787. The van der Waals surface area contributed by atoms with Crippen LogP contribution < -0.4 is 5.73 Å². The lowest BCUT2D eigenvalue weighted by atomic mass is 10.3. The van der Waals surface area contributed by atoms with E-state index in [4.69, 9.17) is 5.73 Å². The summed E-state index contributed by atoms with van der Waals surface area (Å²) in [6, 6.07) is 0. The van der Waals surface area contributed by atoms with Gasteiger partial charge in [-0.1, -0.05) is 19.8 Å². The molecule has 1 aromatic rings. The molecular formula is C8H14N2O2S2. The molecule has 0 radical (unpaired) electrons. The van der Waals surface area contributed by atoms with Crippen molar-refractivity contribution in [2.75, 3.05) is 11.5 Å². The van der Waals surface area contributed by atoms with E-state index in [1.165, 1.54) is 5.38 Å². The van der Waals surface area contributed by atoms with Gasteiger partial charge in [0, 0.05) is 5.38 Å². The van der Waals surface area contributed by atoms with Crippen LogP contribution in [0, 0.1) is 0 Å². The number of thiazole rings is 1. The number of hydrogen-bond acceptors (Lipinski definition) is 5. The number of nitrogen functional groups attached to an aromatic ring is 1. The zero-order chi connectivity index (χ0) is 10.6. The summed E-state index contributed by atoms with van der Waals surface area (Å²) < 4.78 is 23.2. The summed E-state index contributed by atoms with van der Waals surface area (Å²) in [7, 11) is -3.19. The van der Waals surface area contributed by atoms with E-state index in [0.29, 0.717) is 11.6 Å². The molecule has 0 fully saturated rings. The Labute approximate surface area is 88.1 Å². The molecule has 0 saturated heterocycles. The van der Waals surface area contributed by atoms with Gasteiger partial charge in [-0.15, -0.1) is 11.3 Å². The summed E-state index contributed by atoms with van der Waals surface area (Å²) in [6.45, 7) is 2.04. The Morgan fingerprint density at radius 3 is 2.71 bits per heavy atom. The molecule has 14 heavy (non-hydrogen) atoms. The zero-order valence-corrected chi connectivity index (χ0v) is 9.70. The molecule has 0 aliphatic heterocycles. The number of sulfone groups is 1. The zero-order valence-electron chi connectivity index (χ0n) is 8.06. The van der Waals surface area contributed by atoms with E-state index in [1.807, 2.05) is 6.92 Å². The van der Waals surface area contributed by atoms with E-state index in [1.54, 1.807) is 0 Å². The summed E-state index contributed by atoms with van der Waals surface area (Å²) in [5.74, 6) is 0.171. The Morgan fingerprint density at radius 1 is 1.50 bits per heavy atom. The molecule has 2 N–H and O–H groups in total. The lowest BCUT2D eigenvalue weighted by Gasteiger charge is -1.99. The van der Waals surface area contributed by atoms with Gasteiger partial charge in [0.05, 0.1) is 5.75 Å². The van der Waals surface area contributed by atoms with Gasteiger partial charge in [-0.05, 0) is 6.42 Å². The summed E-state index contributed by atoms with van der Waals surface area (Å²) in [5, 5.41) is 1.92. The molecule has 4 nitrogen and oxygen atoms in total. The topological polar surface area (TPSA) is 73.0 Å². The van der Waals surface area contributed by atoms with Crippen LogP contribution in [0.5, 0.6) is 0 Å². The predicted octanol–water partition coefficient (Wildman–Crippen LogP) is 1.69. The molecule has 80 valence electrons. The Morgan fingerprint density at radius 2 is 2.21 bits per heavy atom. The van der Waals surface area contributed by atoms with Crippen molar-refractivity contribution in [2.24, 2.45) is 0 Å². The van der Waals surface area contributed by atoms with Gasteiger partial charge in [0.2, 0.25) is 0 Å². The fourth-order valence-electron chi connectivity index (χ4n) is 1.06. The monoisotopic (exact) mass is 234 g/mol. The van der Waals surface area contributed by atoms with Crippen LogP contribution in [0.3, 0.4) is 0 Å². The standard InChI is InChI=1S/C8H14N2O2S2/c1-2-3-4-5-14(11,12)7-6-13-8(9)10-7/h6H,2-5H2,1H3,(H2,9,10). The predicted molar refractivity (Wildman–Crippen MR) is 58.1 cm³/mol. The minimum absolute atomic E-state index is 0.121. The first-order valence-electron chi connectivity index (χ1n) is 4.50. The molecule has 1 rings (SSSR count). The number of nitrogens with two attached hydrogens (primary N) is 1. The second kappa shape index (κ2) is 4.75. The van der Waals surface area contributed by atoms with Gasteiger partial charge >= 0.3 is 0 Å². The van der Waals surface area contributed by atoms with E-state index in [-0.39, 0.29) is 10.8 Å². The first kappa shape index (κ1) is 11.5. The molecule has 0 saturated carbocycles. The fraction of sp³-hybridized carbons (Fsp3) is 0.625. The van der Waals surface area contributed by atoms with Crippen LogP contribution in [0.1, 0.15) is 26.2 Å². The summed E-state index contributed by atoms with van der Waals surface area (Å²) in [6.07, 6.45) is 2.63. The first-order chi connectivity index (χ1) is 6.56. The second-order valence-corrected chi connectivity index (χ2v) is 6.00. The van der Waals surface area contributed by atoms with Crippen LogP contribution in [0.2, 0.25) is 0 Å². The Bertz CT molecular complexity index is 384. The average Bonchev–Trinajstić information content (AvgIpc) is 2.53. The number of nitrogens with zero attached hydrogens (tertiary/aromatic N) is 1. The summed E-state index contributed by atoms with van der Waals surface area (Å²) in [4.78, 5) is 3.77. The van der Waals surface area contributed by atoms with Gasteiger partial charge in [0.25, 0.3) is 0 Å². The first-order valence-corrected chi connectivity index (χ1v) is 7.03. The molecule has 0 unspecified atom stereocenters. The van der Waals surface area contributed by atoms with Crippen LogP contribution in [0.4, 0.5) is 5.13 Å². The lowest BCUT2D eigenvalue weighted by Crippen LogP contribution is -2.07. The lowest BCUT2D eigenvalue weighted by molar-refractivity contribution is 0.588. The maximum atomic E-state index is 11.6. The minimum Gasteiger partial charge on any atom is -0.375 e. The molecule has 0 aliphatic rings. The van der Waals surface area contributed by atoms with Crippen LogP contribution in [0.15, 0.2) is 10.4 Å². The molecule has 0 spiro atoms. The largest absolute Gasteiger partial charge is 0.375 e. The van der Waals surface area contributed by atoms with Crippen molar-refractivity contribution in [1.29, 1.82) is 0 Å². The number of anilines is 1. The van der Waals surface area contributed by atoms with E-state index in [9.17, 15) is 8.42 Å². The Balaban J connectivity index is 2.66. The van der Waals surface area contributed by atoms with Crippen molar-refractivity contribution in [2.45, 2.75) is 31.2 Å². The smallest absolute Gasteiger partial charge is 0.196 e. The Hall–Kier alpha value is -0.620. The van der Waals surface area contributed by atoms with Crippen LogP contribution >= 0.6 is 11.3 Å². The Kier molecular flexibility index (Phi) is 3.88. The third-order valence-corrected chi connectivity index (χ3v) is 4.33. The number of unbranched alkanes of at least 4 members (excludes halogenated alkanes) is 2. The maximum Gasteiger partial charge on any atom is 0.196 e. The van der Waals surface area contributed by atoms with Crippen molar-refractivity contribution < 1.29 is 8.42 Å². The summed E-state index contributed by atoms with van der Waals surface area (Å²) >= 11 is 1.16. The van der Waals surface area contributed by atoms with Gasteiger partial charge < -0.3 is 5.73 Å². The summed E-state index contributed by atoms with van der Waals surface area (Å²) in [5.41, 5.74) is 5.37. The molecule has 0 bridgehead atoms. The van der Waals surface area contributed by atoms with Crippen LogP contribution in [-0.2, 0) is 9.84 Å². The van der Waals surface area contributed by atoms with Gasteiger partial charge in [-0.3, -0.25) is 0 Å². The van der Waals surface area contributed by atoms with Crippen molar-refractivity contribution in [3.8, 4) is 0 Å². The molecule has 0 atom stereocenters. The fourth-order valence-corrected chi connectivity index (χ4v) is 3.31. The molecule has 0 aliphatic carbocycles. The molecule has 6 heteroatoms.